The number of carbonyl (C=O) groups is 1. The van der Waals surface area contributed by atoms with Crippen LogP contribution in [0.2, 0.25) is 0 Å². The number of hydrogen-bond acceptors (Lipinski definition) is 3. The molecule has 1 aromatic carbocycles. The molecule has 3 aromatic rings. The number of amides is 1. The van der Waals surface area contributed by atoms with Crippen LogP contribution in [0.4, 0.5) is 26.3 Å². The zero-order valence-electron chi connectivity index (χ0n) is 14.2. The van der Waals surface area contributed by atoms with Crippen LogP contribution in [0.15, 0.2) is 36.5 Å². The fraction of sp³-hybridized carbons (Fsp3) is 0.235. The Hall–Kier alpha value is -3.11. The fourth-order valence-electron chi connectivity index (χ4n) is 2.58. The monoisotopic (exact) mass is 402 g/mol. The zero-order valence-corrected chi connectivity index (χ0v) is 14.2. The van der Waals surface area contributed by atoms with Gasteiger partial charge in [-0.25, -0.2) is 4.98 Å². The highest BCUT2D eigenvalue weighted by atomic mass is 19.4. The summed E-state index contributed by atoms with van der Waals surface area (Å²) in [6.45, 7) is -1.55. The Balaban J connectivity index is 2.10. The maximum Gasteiger partial charge on any atom is 0.416 e. The van der Waals surface area contributed by atoms with Crippen molar-refractivity contribution in [2.24, 2.45) is 7.05 Å². The highest BCUT2D eigenvalue weighted by molar-refractivity contribution is 6.06. The first-order valence-electron chi connectivity index (χ1n) is 7.81. The summed E-state index contributed by atoms with van der Waals surface area (Å²) in [5, 5.41) is 5.84. The summed E-state index contributed by atoms with van der Waals surface area (Å²) in [5.41, 5.74) is -0.885. The van der Waals surface area contributed by atoms with Gasteiger partial charge in [-0.05, 0) is 18.2 Å². The van der Waals surface area contributed by atoms with Gasteiger partial charge < -0.3 is 5.32 Å². The summed E-state index contributed by atoms with van der Waals surface area (Å²) in [7, 11) is 1.49. The highest BCUT2D eigenvalue weighted by Crippen LogP contribution is 2.32. The predicted molar refractivity (Wildman–Crippen MR) is 87.3 cm³/mol. The maximum absolute atomic E-state index is 13.0. The lowest BCUT2D eigenvalue weighted by atomic mass is 10.0. The number of halogens is 6. The van der Waals surface area contributed by atoms with E-state index < -0.39 is 30.4 Å². The predicted octanol–water partition coefficient (Wildman–Crippen LogP) is 3.95. The van der Waals surface area contributed by atoms with E-state index in [0.717, 1.165) is 18.2 Å². The molecule has 0 aliphatic heterocycles. The molecule has 5 nitrogen and oxygen atoms in total. The van der Waals surface area contributed by atoms with E-state index in [1.165, 1.54) is 30.1 Å². The fourth-order valence-corrected chi connectivity index (χ4v) is 2.58. The average molecular weight is 402 g/mol. The molecule has 1 N–H and O–H groups in total. The lowest BCUT2D eigenvalue weighted by Gasteiger charge is -2.12. The Bertz CT molecular complexity index is 1040. The average Bonchev–Trinajstić information content (AvgIpc) is 2.99. The first-order chi connectivity index (χ1) is 13.0. The van der Waals surface area contributed by atoms with Crippen LogP contribution in [-0.4, -0.2) is 33.4 Å². The highest BCUT2D eigenvalue weighted by Gasteiger charge is 2.31. The van der Waals surface area contributed by atoms with Gasteiger partial charge in [0.05, 0.1) is 28.4 Å². The number of carbonyl (C=O) groups excluding carboxylic acids is 1. The largest absolute Gasteiger partial charge is 0.416 e. The number of nitrogens with zero attached hydrogens (tertiary/aromatic N) is 3. The summed E-state index contributed by atoms with van der Waals surface area (Å²) in [5.74, 6) is -1.04. The molecule has 28 heavy (non-hydrogen) atoms. The van der Waals surface area contributed by atoms with Crippen LogP contribution < -0.4 is 5.32 Å². The van der Waals surface area contributed by atoms with E-state index in [1.54, 1.807) is 5.32 Å². The van der Waals surface area contributed by atoms with Crippen LogP contribution in [0.3, 0.4) is 0 Å². The Labute approximate surface area is 154 Å². The van der Waals surface area contributed by atoms with Crippen LogP contribution in [0.1, 0.15) is 15.9 Å². The molecule has 0 aliphatic rings. The van der Waals surface area contributed by atoms with Gasteiger partial charge in [0.25, 0.3) is 5.91 Å². The number of benzene rings is 1. The molecule has 0 spiro atoms. The Kier molecular flexibility index (Phi) is 4.77. The van der Waals surface area contributed by atoms with E-state index in [2.05, 4.69) is 10.1 Å². The normalized spacial score (nSPS) is 12.4. The van der Waals surface area contributed by atoms with E-state index in [4.69, 9.17) is 0 Å². The lowest BCUT2D eigenvalue weighted by Crippen LogP contribution is -2.33. The number of aromatic nitrogens is 3. The van der Waals surface area contributed by atoms with E-state index in [-0.39, 0.29) is 27.9 Å². The summed E-state index contributed by atoms with van der Waals surface area (Å²) in [6, 6.07) is 5.41. The molecule has 0 saturated carbocycles. The molecule has 3 rings (SSSR count). The molecule has 0 saturated heterocycles. The minimum absolute atomic E-state index is 0.000594. The third-order valence-corrected chi connectivity index (χ3v) is 3.88. The molecular formula is C17H12F6N4O. The van der Waals surface area contributed by atoms with E-state index >= 15 is 0 Å². The summed E-state index contributed by atoms with van der Waals surface area (Å²) < 4.78 is 77.4. The van der Waals surface area contributed by atoms with E-state index in [0.29, 0.717) is 0 Å². The van der Waals surface area contributed by atoms with Crippen LogP contribution in [-0.2, 0) is 13.2 Å². The van der Waals surface area contributed by atoms with Crippen molar-refractivity contribution in [1.29, 1.82) is 0 Å². The van der Waals surface area contributed by atoms with Gasteiger partial charge in [0.15, 0.2) is 5.65 Å². The molecule has 0 fully saturated rings. The van der Waals surface area contributed by atoms with Gasteiger partial charge in [-0.3, -0.25) is 9.48 Å². The van der Waals surface area contributed by atoms with Crippen molar-refractivity contribution in [2.45, 2.75) is 12.4 Å². The second-order valence-corrected chi connectivity index (χ2v) is 5.94. The lowest BCUT2D eigenvalue weighted by molar-refractivity contribution is -0.137. The van der Waals surface area contributed by atoms with Gasteiger partial charge in [0.2, 0.25) is 0 Å². The molecule has 0 radical (unpaired) electrons. The summed E-state index contributed by atoms with van der Waals surface area (Å²) in [6.07, 6.45) is -7.94. The second kappa shape index (κ2) is 6.80. The second-order valence-electron chi connectivity index (χ2n) is 5.94. The zero-order chi connectivity index (χ0) is 20.7. The molecule has 2 heterocycles. The molecule has 0 aliphatic carbocycles. The van der Waals surface area contributed by atoms with Crippen molar-refractivity contribution in [1.82, 2.24) is 20.1 Å². The van der Waals surface area contributed by atoms with Crippen LogP contribution in [0.5, 0.6) is 0 Å². The minimum Gasteiger partial charge on any atom is -0.343 e. The molecule has 148 valence electrons. The number of pyridine rings is 1. The van der Waals surface area contributed by atoms with Gasteiger partial charge in [-0.2, -0.15) is 31.4 Å². The van der Waals surface area contributed by atoms with Gasteiger partial charge in [0, 0.05) is 12.6 Å². The van der Waals surface area contributed by atoms with Crippen LogP contribution in [0, 0.1) is 0 Å². The van der Waals surface area contributed by atoms with Gasteiger partial charge in [0.1, 0.15) is 6.54 Å². The standard InChI is InChI=1S/C17H12F6N4O/c1-27-14-12(7-25-27)11(15(28)24-8-16(18,19)20)6-13(26-14)9-3-2-4-10(5-9)17(21,22)23/h2-7H,8H2,1H3,(H,24,28). The van der Waals surface area contributed by atoms with Gasteiger partial charge in [-0.15, -0.1) is 0 Å². The molecule has 1 amide bonds. The number of fused-ring (bicyclic) bond motifs is 1. The molecule has 0 unspecified atom stereocenters. The van der Waals surface area contributed by atoms with Crippen molar-refractivity contribution in [2.75, 3.05) is 6.54 Å². The Morgan fingerprint density at radius 3 is 2.50 bits per heavy atom. The Morgan fingerprint density at radius 2 is 1.86 bits per heavy atom. The SMILES string of the molecule is Cn1ncc2c(C(=O)NCC(F)(F)F)cc(-c3cccc(C(F)(F)F)c3)nc21. The molecule has 0 bridgehead atoms. The maximum atomic E-state index is 13.0. The molecule has 0 atom stereocenters. The summed E-state index contributed by atoms with van der Waals surface area (Å²) in [4.78, 5) is 16.5. The van der Waals surface area contributed by atoms with Gasteiger partial charge in [-0.1, -0.05) is 12.1 Å². The number of hydrogen-bond donors (Lipinski definition) is 1. The Morgan fingerprint density at radius 1 is 1.14 bits per heavy atom. The van der Waals surface area contributed by atoms with Crippen LogP contribution >= 0.6 is 0 Å². The molecule has 11 heteroatoms. The topological polar surface area (TPSA) is 59.8 Å². The third-order valence-electron chi connectivity index (χ3n) is 3.88. The van der Waals surface area contributed by atoms with Gasteiger partial charge >= 0.3 is 12.4 Å². The van der Waals surface area contributed by atoms with E-state index in [1.807, 2.05) is 0 Å². The first-order valence-corrected chi connectivity index (χ1v) is 7.81. The first kappa shape index (κ1) is 19.6. The molecule has 2 aromatic heterocycles. The number of aryl methyl sites for hydroxylation is 1. The number of nitrogens with one attached hydrogen (secondary N) is 1. The third kappa shape index (κ3) is 4.07. The minimum atomic E-state index is -4.61. The van der Waals surface area contributed by atoms with E-state index in [9.17, 15) is 31.1 Å². The molecular weight excluding hydrogens is 390 g/mol. The quantitative estimate of drug-likeness (QED) is 0.675. The van der Waals surface area contributed by atoms with Crippen molar-refractivity contribution >= 4 is 16.9 Å². The van der Waals surface area contributed by atoms with Crippen LogP contribution in [0.25, 0.3) is 22.3 Å². The smallest absolute Gasteiger partial charge is 0.343 e. The summed E-state index contributed by atoms with van der Waals surface area (Å²) >= 11 is 0. The number of rotatable bonds is 3. The van der Waals surface area contributed by atoms with Crippen molar-refractivity contribution in [3.05, 3.63) is 47.7 Å². The van der Waals surface area contributed by atoms with Crippen molar-refractivity contribution < 1.29 is 31.1 Å². The number of alkyl halides is 6. The van der Waals surface area contributed by atoms with Crippen molar-refractivity contribution in [3.8, 4) is 11.3 Å². The van der Waals surface area contributed by atoms with Crippen molar-refractivity contribution in [3.63, 3.8) is 0 Å².